The molecule has 1 heterocycles. The van der Waals surface area contributed by atoms with Crippen LogP contribution >= 0.6 is 0 Å². The van der Waals surface area contributed by atoms with Crippen LogP contribution in [0.5, 0.6) is 5.75 Å². The van der Waals surface area contributed by atoms with Crippen LogP contribution in [-0.2, 0) is 11.2 Å². The van der Waals surface area contributed by atoms with Gasteiger partial charge in [-0.05, 0) is 42.0 Å². The Bertz CT molecular complexity index is 963. The van der Waals surface area contributed by atoms with Crippen LogP contribution in [-0.4, -0.2) is 43.0 Å². The third-order valence-corrected chi connectivity index (χ3v) is 4.69. The molecule has 0 radical (unpaired) electrons. The Hall–Kier alpha value is -3.87. The minimum Gasteiger partial charge on any atom is -0.497 e. The molecule has 3 rings (SSSR count). The summed E-state index contributed by atoms with van der Waals surface area (Å²) >= 11 is 0. The number of nitrogens with zero attached hydrogens (tertiary/aromatic N) is 1. The summed E-state index contributed by atoms with van der Waals surface area (Å²) in [6.07, 6.45) is 3.49. The lowest BCUT2D eigenvalue weighted by molar-refractivity contribution is -0.122. The second-order valence-electron chi connectivity index (χ2n) is 6.90. The molecule has 0 aliphatic rings. The van der Waals surface area contributed by atoms with Gasteiger partial charge in [0.1, 0.15) is 11.8 Å². The van der Waals surface area contributed by atoms with E-state index in [1.807, 2.05) is 54.6 Å². The van der Waals surface area contributed by atoms with Gasteiger partial charge in [-0.3, -0.25) is 14.6 Å². The second kappa shape index (κ2) is 11.3. The van der Waals surface area contributed by atoms with Crippen molar-refractivity contribution in [2.75, 3.05) is 25.5 Å². The van der Waals surface area contributed by atoms with Crippen LogP contribution in [0.15, 0.2) is 79.1 Å². The number of carbonyl (C=O) groups is 2. The zero-order chi connectivity index (χ0) is 21.9. The van der Waals surface area contributed by atoms with Crippen LogP contribution < -0.4 is 20.7 Å². The number of pyridine rings is 1. The van der Waals surface area contributed by atoms with Crippen molar-refractivity contribution in [3.05, 3.63) is 90.3 Å². The molecule has 0 aliphatic carbocycles. The normalized spacial score (nSPS) is 11.3. The average Bonchev–Trinajstić information content (AvgIpc) is 2.83. The molecule has 0 saturated carbocycles. The molecule has 1 aromatic heterocycles. The van der Waals surface area contributed by atoms with Gasteiger partial charge in [0.25, 0.3) is 5.91 Å². The molecule has 0 unspecified atom stereocenters. The summed E-state index contributed by atoms with van der Waals surface area (Å²) in [4.78, 5) is 29.3. The van der Waals surface area contributed by atoms with Gasteiger partial charge >= 0.3 is 0 Å². The number of aromatic nitrogens is 1. The van der Waals surface area contributed by atoms with E-state index in [2.05, 4.69) is 20.9 Å². The van der Waals surface area contributed by atoms with Crippen LogP contribution in [0.3, 0.4) is 0 Å². The first-order valence-corrected chi connectivity index (χ1v) is 10.1. The number of rotatable bonds is 10. The second-order valence-corrected chi connectivity index (χ2v) is 6.90. The molecule has 2 aromatic carbocycles. The van der Waals surface area contributed by atoms with Gasteiger partial charge in [0, 0.05) is 43.2 Å². The van der Waals surface area contributed by atoms with Crippen molar-refractivity contribution in [1.29, 1.82) is 0 Å². The van der Waals surface area contributed by atoms with Crippen molar-refractivity contribution >= 4 is 17.5 Å². The first-order valence-electron chi connectivity index (χ1n) is 10.1. The number of ether oxygens (including phenoxy) is 1. The minimum absolute atomic E-state index is 0.234. The van der Waals surface area contributed by atoms with E-state index >= 15 is 0 Å². The molecule has 160 valence electrons. The third kappa shape index (κ3) is 6.85. The molecule has 31 heavy (non-hydrogen) atoms. The third-order valence-electron chi connectivity index (χ3n) is 4.69. The number of hydrogen-bond acceptors (Lipinski definition) is 5. The lowest BCUT2D eigenvalue weighted by Gasteiger charge is -2.19. The topological polar surface area (TPSA) is 92.4 Å². The fourth-order valence-corrected chi connectivity index (χ4v) is 3.03. The molecule has 0 aliphatic heterocycles. The predicted octanol–water partition coefficient (Wildman–Crippen LogP) is 2.66. The lowest BCUT2D eigenvalue weighted by Crippen LogP contribution is -2.48. The average molecular weight is 418 g/mol. The zero-order valence-corrected chi connectivity index (χ0v) is 17.4. The van der Waals surface area contributed by atoms with Gasteiger partial charge in [-0.15, -0.1) is 0 Å². The van der Waals surface area contributed by atoms with E-state index in [-0.39, 0.29) is 11.8 Å². The highest BCUT2D eigenvalue weighted by Gasteiger charge is 2.21. The highest BCUT2D eigenvalue weighted by atomic mass is 16.5. The van der Waals surface area contributed by atoms with Crippen LogP contribution in [0.4, 0.5) is 5.69 Å². The Morgan fingerprint density at radius 3 is 2.32 bits per heavy atom. The Morgan fingerprint density at radius 2 is 1.65 bits per heavy atom. The standard InChI is InChI=1S/C24H26N4O3/c1-31-21-9-7-20(8-10-21)26-15-16-27-24(30)22(17-18-5-3-2-4-6-18)28-23(29)19-11-13-25-14-12-19/h2-14,22,26H,15-17H2,1H3,(H,27,30)(H,28,29)/t22-/m0/s1. The van der Waals surface area contributed by atoms with Crippen molar-refractivity contribution < 1.29 is 14.3 Å². The van der Waals surface area contributed by atoms with E-state index in [0.29, 0.717) is 25.1 Å². The van der Waals surface area contributed by atoms with Crippen molar-refractivity contribution in [3.63, 3.8) is 0 Å². The molecular formula is C24H26N4O3. The quantitative estimate of drug-likeness (QED) is 0.440. The van der Waals surface area contributed by atoms with E-state index in [0.717, 1.165) is 17.0 Å². The minimum atomic E-state index is -0.691. The summed E-state index contributed by atoms with van der Waals surface area (Å²) < 4.78 is 5.14. The van der Waals surface area contributed by atoms with Gasteiger partial charge < -0.3 is 20.7 Å². The molecule has 0 bridgehead atoms. The van der Waals surface area contributed by atoms with E-state index in [1.54, 1.807) is 31.6 Å². The van der Waals surface area contributed by atoms with Crippen LogP contribution in [0.1, 0.15) is 15.9 Å². The number of carbonyl (C=O) groups excluding carboxylic acids is 2. The van der Waals surface area contributed by atoms with Crippen molar-refractivity contribution in [3.8, 4) is 5.75 Å². The SMILES string of the molecule is COc1ccc(NCCNC(=O)[C@H](Cc2ccccc2)NC(=O)c2ccncc2)cc1. The monoisotopic (exact) mass is 418 g/mol. The zero-order valence-electron chi connectivity index (χ0n) is 17.4. The van der Waals surface area contributed by atoms with Crippen LogP contribution in [0.25, 0.3) is 0 Å². The van der Waals surface area contributed by atoms with Gasteiger partial charge in [-0.1, -0.05) is 30.3 Å². The molecule has 1 atom stereocenters. The van der Waals surface area contributed by atoms with E-state index in [9.17, 15) is 9.59 Å². The van der Waals surface area contributed by atoms with E-state index < -0.39 is 6.04 Å². The first-order chi connectivity index (χ1) is 15.2. The van der Waals surface area contributed by atoms with Gasteiger partial charge in [-0.2, -0.15) is 0 Å². The summed E-state index contributed by atoms with van der Waals surface area (Å²) in [6, 6.07) is 19.7. The largest absolute Gasteiger partial charge is 0.497 e. The molecule has 2 amide bonds. The number of hydrogen-bond donors (Lipinski definition) is 3. The molecule has 3 N–H and O–H groups in total. The summed E-state index contributed by atoms with van der Waals surface area (Å²) in [6.45, 7) is 0.968. The Kier molecular flexibility index (Phi) is 7.99. The van der Waals surface area contributed by atoms with Gasteiger partial charge in [0.15, 0.2) is 0 Å². The Balaban J connectivity index is 1.56. The van der Waals surface area contributed by atoms with Crippen molar-refractivity contribution in [1.82, 2.24) is 15.6 Å². The predicted molar refractivity (Wildman–Crippen MR) is 120 cm³/mol. The maximum absolute atomic E-state index is 12.8. The first kappa shape index (κ1) is 21.8. The molecule has 0 spiro atoms. The molecule has 3 aromatic rings. The smallest absolute Gasteiger partial charge is 0.252 e. The number of methoxy groups -OCH3 is 1. The Morgan fingerprint density at radius 1 is 0.935 bits per heavy atom. The van der Waals surface area contributed by atoms with Gasteiger partial charge in [-0.25, -0.2) is 0 Å². The maximum atomic E-state index is 12.8. The van der Waals surface area contributed by atoms with Gasteiger partial charge in [0.05, 0.1) is 7.11 Å². The number of benzene rings is 2. The van der Waals surface area contributed by atoms with Crippen molar-refractivity contribution in [2.45, 2.75) is 12.5 Å². The number of anilines is 1. The maximum Gasteiger partial charge on any atom is 0.252 e. The molecule has 0 fully saturated rings. The summed E-state index contributed by atoms with van der Waals surface area (Å²) in [7, 11) is 1.62. The summed E-state index contributed by atoms with van der Waals surface area (Å²) in [5.74, 6) is 0.241. The summed E-state index contributed by atoms with van der Waals surface area (Å²) in [5, 5.41) is 8.98. The summed E-state index contributed by atoms with van der Waals surface area (Å²) in [5.41, 5.74) is 2.36. The molecule has 7 heteroatoms. The molecule has 7 nitrogen and oxygen atoms in total. The number of amides is 2. The molecular weight excluding hydrogens is 392 g/mol. The molecule has 0 saturated heterocycles. The highest BCUT2D eigenvalue weighted by Crippen LogP contribution is 2.14. The lowest BCUT2D eigenvalue weighted by atomic mass is 10.0. The van der Waals surface area contributed by atoms with E-state index in [4.69, 9.17) is 4.74 Å². The van der Waals surface area contributed by atoms with Crippen LogP contribution in [0, 0.1) is 0 Å². The number of nitrogens with one attached hydrogen (secondary N) is 3. The van der Waals surface area contributed by atoms with E-state index in [1.165, 1.54) is 0 Å². The van der Waals surface area contributed by atoms with Crippen LogP contribution in [0.2, 0.25) is 0 Å². The Labute approximate surface area is 181 Å². The van der Waals surface area contributed by atoms with Gasteiger partial charge in [0.2, 0.25) is 5.91 Å². The van der Waals surface area contributed by atoms with Crippen molar-refractivity contribution in [2.24, 2.45) is 0 Å². The fraction of sp³-hybridized carbons (Fsp3) is 0.208. The fourth-order valence-electron chi connectivity index (χ4n) is 3.03. The highest BCUT2D eigenvalue weighted by molar-refractivity contribution is 5.97.